The Hall–Kier alpha value is -2.45. The van der Waals surface area contributed by atoms with E-state index in [1.54, 1.807) is 7.11 Å². The fourth-order valence-electron chi connectivity index (χ4n) is 2.70. The summed E-state index contributed by atoms with van der Waals surface area (Å²) >= 11 is 1.14. The number of hydrogen-bond acceptors (Lipinski definition) is 4. The van der Waals surface area contributed by atoms with Gasteiger partial charge >= 0.3 is 178 Å². The molecule has 0 atom stereocenters. The van der Waals surface area contributed by atoms with Crippen molar-refractivity contribution in [2.24, 2.45) is 0 Å². The van der Waals surface area contributed by atoms with E-state index in [0.29, 0.717) is 10.7 Å². The number of benzene rings is 3. The van der Waals surface area contributed by atoms with Crippen molar-refractivity contribution in [3.8, 4) is 5.75 Å². The summed E-state index contributed by atoms with van der Waals surface area (Å²) in [5, 5.41) is 3.56. The maximum atomic E-state index is 12.7. The molecule has 6 heteroatoms. The van der Waals surface area contributed by atoms with Gasteiger partial charge in [-0.15, -0.1) is 0 Å². The van der Waals surface area contributed by atoms with E-state index >= 15 is 0 Å². The molecule has 0 aliphatic carbocycles. The number of methoxy groups -OCH3 is 1. The van der Waals surface area contributed by atoms with Gasteiger partial charge in [-0.1, -0.05) is 0 Å². The number of rotatable bonds is 5. The van der Waals surface area contributed by atoms with Crippen LogP contribution in [0.4, 0.5) is 5.13 Å². The van der Waals surface area contributed by atoms with E-state index in [-0.39, 0.29) is 27.1 Å². The first-order valence-corrected chi connectivity index (χ1v) is 11.7. The van der Waals surface area contributed by atoms with Gasteiger partial charge in [-0.2, -0.15) is 0 Å². The molecule has 0 spiro atoms. The monoisotopic (exact) mass is 501 g/mol. The van der Waals surface area contributed by atoms with Crippen LogP contribution >= 0.6 is 11.3 Å². The summed E-state index contributed by atoms with van der Waals surface area (Å²) in [4.78, 5) is 17.2. The predicted molar refractivity (Wildman–Crippen MR) is 109 cm³/mol. The van der Waals surface area contributed by atoms with Crippen LogP contribution in [0.1, 0.15) is 15.9 Å². The van der Waals surface area contributed by atoms with E-state index < -0.39 is 0 Å². The van der Waals surface area contributed by atoms with Gasteiger partial charge < -0.3 is 0 Å². The zero-order chi connectivity index (χ0) is 19.5. The number of nitrogens with zero attached hydrogens (tertiary/aromatic N) is 1. The molecule has 4 aromatic rings. The minimum atomic E-state index is -0.361. The quantitative estimate of drug-likeness (QED) is 0.426. The Morgan fingerprint density at radius 2 is 1.86 bits per heavy atom. The van der Waals surface area contributed by atoms with Gasteiger partial charge in [-0.3, -0.25) is 0 Å². The molecule has 0 saturated carbocycles. The van der Waals surface area contributed by atoms with Crippen molar-refractivity contribution in [1.82, 2.24) is 4.98 Å². The summed E-state index contributed by atoms with van der Waals surface area (Å²) in [6.45, 7) is 2.05. The number of carbonyl (C=O) groups excluding carboxylic acids is 1. The Morgan fingerprint density at radius 3 is 2.64 bits per heavy atom. The van der Waals surface area contributed by atoms with Crippen LogP contribution < -0.4 is 31.3 Å². The summed E-state index contributed by atoms with van der Waals surface area (Å²) in [6.07, 6.45) is 0. The number of halogens is 1. The zero-order valence-electron chi connectivity index (χ0n) is 15.4. The first-order valence-electron chi connectivity index (χ1n) is 8.68. The number of aromatic nitrogens is 1. The molecule has 142 valence electrons. The molecule has 1 amide bonds. The number of carbonyl (C=O) groups is 1. The Morgan fingerprint density at radius 1 is 1.04 bits per heavy atom. The fraction of sp³-hybridized carbons (Fsp3) is 0.0909. The standard InChI is InChI=1S/C22H18IN2O2S/c1-14-6-11-19-20(12-14)28-22(24-19)25-21(26)15-4-3-5-17(13-15)23-16-7-9-18(27-2)10-8-16/h3-13H,1-2H3,(H,24,25,26)/q-1. The molecule has 0 fully saturated rings. The average Bonchev–Trinajstić information content (AvgIpc) is 3.10. The number of hydrogen-bond donors (Lipinski definition) is 1. The fourth-order valence-corrected chi connectivity index (χ4v) is 5.98. The average molecular weight is 501 g/mol. The number of anilines is 1. The van der Waals surface area contributed by atoms with Crippen molar-refractivity contribution >= 4 is 32.6 Å². The van der Waals surface area contributed by atoms with E-state index in [2.05, 4.69) is 41.5 Å². The predicted octanol–water partition coefficient (Wildman–Crippen LogP) is 1.99. The van der Waals surface area contributed by atoms with Crippen LogP contribution in [0.25, 0.3) is 10.2 Å². The Kier molecular flexibility index (Phi) is 5.59. The molecule has 0 unspecified atom stereocenters. The van der Waals surface area contributed by atoms with Gasteiger partial charge in [0.2, 0.25) is 0 Å². The third-order valence-corrected chi connectivity index (χ3v) is 7.69. The third kappa shape index (κ3) is 4.34. The van der Waals surface area contributed by atoms with Gasteiger partial charge in [0, 0.05) is 0 Å². The summed E-state index contributed by atoms with van der Waals surface area (Å²) in [5.41, 5.74) is 2.75. The van der Waals surface area contributed by atoms with E-state index in [1.807, 2.05) is 42.5 Å². The number of ether oxygens (including phenoxy) is 1. The molecule has 1 N–H and O–H groups in total. The Bertz CT molecular complexity index is 1140. The minimum absolute atomic E-state index is 0.128. The number of amides is 1. The molecule has 0 saturated heterocycles. The topological polar surface area (TPSA) is 51.2 Å². The van der Waals surface area contributed by atoms with Crippen molar-refractivity contribution in [1.29, 1.82) is 0 Å². The molecule has 0 aliphatic rings. The first kappa shape index (κ1) is 18.9. The molecule has 4 nitrogen and oxygen atoms in total. The zero-order valence-corrected chi connectivity index (χ0v) is 18.4. The summed E-state index contributed by atoms with van der Waals surface area (Å²) < 4.78 is 8.76. The molecule has 1 heterocycles. The van der Waals surface area contributed by atoms with Crippen LogP contribution in [0.15, 0.2) is 66.7 Å². The van der Waals surface area contributed by atoms with Crippen molar-refractivity contribution in [2.45, 2.75) is 6.92 Å². The molecule has 0 bridgehead atoms. The van der Waals surface area contributed by atoms with E-state index in [1.165, 1.54) is 24.0 Å². The Labute approximate surface area is 177 Å². The second-order valence-electron chi connectivity index (χ2n) is 6.21. The molecule has 28 heavy (non-hydrogen) atoms. The van der Waals surface area contributed by atoms with Gasteiger partial charge in [-0.25, -0.2) is 0 Å². The van der Waals surface area contributed by atoms with Crippen LogP contribution in [0, 0.1) is 14.1 Å². The number of fused-ring (bicyclic) bond motifs is 1. The first-order chi connectivity index (χ1) is 13.6. The molecule has 1 aromatic heterocycles. The van der Waals surface area contributed by atoms with E-state index in [9.17, 15) is 4.79 Å². The maximum absolute atomic E-state index is 12.7. The molecular weight excluding hydrogens is 483 g/mol. The molecule has 3 aromatic carbocycles. The van der Waals surface area contributed by atoms with Crippen molar-refractivity contribution in [3.05, 3.63) is 85.0 Å². The summed E-state index contributed by atoms with van der Waals surface area (Å²) in [7, 11) is 1.67. The van der Waals surface area contributed by atoms with Crippen LogP contribution in [0.2, 0.25) is 0 Å². The second-order valence-corrected chi connectivity index (χ2v) is 10.3. The normalized spacial score (nSPS) is 10.9. The van der Waals surface area contributed by atoms with Gasteiger partial charge in [-0.05, 0) is 0 Å². The van der Waals surface area contributed by atoms with Gasteiger partial charge in [0.15, 0.2) is 0 Å². The molecule has 4 rings (SSSR count). The van der Waals surface area contributed by atoms with Crippen LogP contribution in [0.5, 0.6) is 5.75 Å². The molecule has 0 radical (unpaired) electrons. The van der Waals surface area contributed by atoms with E-state index in [4.69, 9.17) is 4.74 Å². The second kappa shape index (κ2) is 8.28. The van der Waals surface area contributed by atoms with Gasteiger partial charge in [0.25, 0.3) is 0 Å². The number of aryl methyl sites for hydroxylation is 1. The SMILES string of the molecule is COc1ccc([I-]c2cccc(C(=O)Nc3nc4ccc(C)cc4s3)c2)cc1. The Balaban J connectivity index is 1.49. The van der Waals surface area contributed by atoms with Crippen LogP contribution in [-0.2, 0) is 0 Å². The molecule has 0 aliphatic heterocycles. The number of nitrogens with one attached hydrogen (secondary N) is 1. The van der Waals surface area contributed by atoms with Crippen molar-refractivity contribution in [2.75, 3.05) is 12.4 Å². The van der Waals surface area contributed by atoms with Gasteiger partial charge in [0.1, 0.15) is 0 Å². The van der Waals surface area contributed by atoms with E-state index in [0.717, 1.165) is 16.0 Å². The summed E-state index contributed by atoms with van der Waals surface area (Å²) in [5.74, 6) is 0.725. The van der Waals surface area contributed by atoms with Crippen LogP contribution in [-0.4, -0.2) is 18.0 Å². The molecular formula is C22H18IN2O2S-. The van der Waals surface area contributed by atoms with Crippen LogP contribution in [0.3, 0.4) is 0 Å². The third-order valence-electron chi connectivity index (χ3n) is 4.12. The van der Waals surface area contributed by atoms with Crippen molar-refractivity contribution in [3.63, 3.8) is 0 Å². The van der Waals surface area contributed by atoms with Gasteiger partial charge in [0.05, 0.1) is 0 Å². The van der Waals surface area contributed by atoms with Crippen molar-refractivity contribution < 1.29 is 30.7 Å². The number of thiazole rings is 1. The summed E-state index contributed by atoms with van der Waals surface area (Å²) in [6, 6.07) is 22.0.